The van der Waals surface area contributed by atoms with Crippen LogP contribution in [0.3, 0.4) is 0 Å². The molecule has 0 aliphatic heterocycles. The van der Waals surface area contributed by atoms with Crippen LogP contribution in [0.15, 0.2) is 42.5 Å². The first-order chi connectivity index (χ1) is 11.9. The fourth-order valence-electron chi connectivity index (χ4n) is 2.41. The molecule has 2 aromatic carbocycles. The van der Waals surface area contributed by atoms with Crippen LogP contribution in [-0.4, -0.2) is 15.7 Å². The first kappa shape index (κ1) is 17.1. The zero-order chi connectivity index (χ0) is 18.1. The lowest BCUT2D eigenvalue weighted by atomic mass is 10.2. The van der Waals surface area contributed by atoms with E-state index in [9.17, 15) is 13.6 Å². The van der Waals surface area contributed by atoms with Gasteiger partial charge in [-0.3, -0.25) is 4.79 Å². The van der Waals surface area contributed by atoms with Gasteiger partial charge >= 0.3 is 0 Å². The van der Waals surface area contributed by atoms with Crippen LogP contribution in [0.25, 0.3) is 5.69 Å². The number of rotatable bonds is 3. The highest BCUT2D eigenvalue weighted by Gasteiger charge is 2.12. The predicted molar refractivity (Wildman–Crippen MR) is 92.4 cm³/mol. The lowest BCUT2D eigenvalue weighted by Gasteiger charge is -2.08. The number of benzene rings is 2. The van der Waals surface area contributed by atoms with Crippen LogP contribution in [0.2, 0.25) is 5.02 Å². The lowest BCUT2D eigenvalue weighted by Crippen LogP contribution is -2.12. The second-order valence-corrected chi connectivity index (χ2v) is 5.90. The molecule has 7 heteroatoms. The third-order valence-electron chi connectivity index (χ3n) is 3.75. The van der Waals surface area contributed by atoms with E-state index in [1.807, 2.05) is 13.8 Å². The fourth-order valence-corrected chi connectivity index (χ4v) is 2.52. The zero-order valence-corrected chi connectivity index (χ0v) is 14.2. The Morgan fingerprint density at radius 1 is 1.08 bits per heavy atom. The number of amides is 1. The van der Waals surface area contributed by atoms with E-state index in [-0.39, 0.29) is 5.69 Å². The normalized spacial score (nSPS) is 10.8. The Hall–Kier alpha value is -2.73. The van der Waals surface area contributed by atoms with E-state index >= 15 is 0 Å². The highest BCUT2D eigenvalue weighted by atomic mass is 35.5. The third-order valence-corrected chi connectivity index (χ3v) is 4.30. The van der Waals surface area contributed by atoms with Crippen molar-refractivity contribution in [2.24, 2.45) is 0 Å². The van der Waals surface area contributed by atoms with Gasteiger partial charge in [0.2, 0.25) is 0 Å². The minimum Gasteiger partial charge on any atom is -0.322 e. The number of nitrogens with one attached hydrogen (secondary N) is 1. The summed E-state index contributed by atoms with van der Waals surface area (Å²) in [6.07, 6.45) is 0. The molecule has 0 bridgehead atoms. The van der Waals surface area contributed by atoms with E-state index in [2.05, 4.69) is 10.4 Å². The Kier molecular flexibility index (Phi) is 4.55. The molecule has 0 fully saturated rings. The Labute approximate surface area is 148 Å². The second-order valence-electron chi connectivity index (χ2n) is 5.53. The van der Waals surface area contributed by atoms with Gasteiger partial charge in [-0.05, 0) is 50.2 Å². The summed E-state index contributed by atoms with van der Waals surface area (Å²) in [5, 5.41) is 7.47. The first-order valence-corrected chi connectivity index (χ1v) is 7.83. The van der Waals surface area contributed by atoms with E-state index in [4.69, 9.17) is 11.6 Å². The molecule has 1 N–H and O–H groups in total. The molecule has 0 radical (unpaired) electrons. The SMILES string of the molecule is Cc1nn(-c2ccc(C(=O)Nc3ccc(F)c(F)c3)cc2)c(C)c1Cl. The minimum atomic E-state index is -1.02. The van der Waals surface area contributed by atoms with Crippen LogP contribution < -0.4 is 5.32 Å². The fraction of sp³-hybridized carbons (Fsp3) is 0.111. The van der Waals surface area contributed by atoms with Crippen molar-refractivity contribution < 1.29 is 13.6 Å². The largest absolute Gasteiger partial charge is 0.322 e. The predicted octanol–water partition coefficient (Wildman–Crippen LogP) is 4.67. The van der Waals surface area contributed by atoms with Crippen molar-refractivity contribution in [3.8, 4) is 5.69 Å². The molecule has 3 rings (SSSR count). The number of nitrogens with zero attached hydrogens (tertiary/aromatic N) is 2. The van der Waals surface area contributed by atoms with Crippen molar-refractivity contribution in [3.63, 3.8) is 0 Å². The van der Waals surface area contributed by atoms with Gasteiger partial charge in [-0.2, -0.15) is 5.10 Å². The average molecular weight is 362 g/mol. The summed E-state index contributed by atoms with van der Waals surface area (Å²) in [4.78, 5) is 12.2. The molecule has 3 aromatic rings. The van der Waals surface area contributed by atoms with Crippen LogP contribution in [0.1, 0.15) is 21.7 Å². The van der Waals surface area contributed by atoms with Gasteiger partial charge in [-0.1, -0.05) is 11.6 Å². The molecule has 0 atom stereocenters. The molecule has 0 spiro atoms. The quantitative estimate of drug-likeness (QED) is 0.736. The maximum atomic E-state index is 13.2. The van der Waals surface area contributed by atoms with Crippen molar-refractivity contribution in [1.29, 1.82) is 0 Å². The van der Waals surface area contributed by atoms with Gasteiger partial charge in [0.25, 0.3) is 5.91 Å². The summed E-state index contributed by atoms with van der Waals surface area (Å²) < 4.78 is 27.8. The van der Waals surface area contributed by atoms with E-state index in [0.717, 1.165) is 29.2 Å². The van der Waals surface area contributed by atoms with Gasteiger partial charge in [-0.25, -0.2) is 13.5 Å². The van der Waals surface area contributed by atoms with Gasteiger partial charge in [0.1, 0.15) is 0 Å². The van der Waals surface area contributed by atoms with E-state index in [0.29, 0.717) is 10.6 Å². The number of anilines is 1. The molecule has 0 aliphatic carbocycles. The number of aryl methyl sites for hydroxylation is 1. The highest BCUT2D eigenvalue weighted by Crippen LogP contribution is 2.22. The molecule has 0 unspecified atom stereocenters. The number of carbonyl (C=O) groups excluding carboxylic acids is 1. The molecular formula is C18H14ClF2N3O. The molecule has 0 saturated carbocycles. The Bertz CT molecular complexity index is 952. The van der Waals surface area contributed by atoms with Gasteiger partial charge in [0.15, 0.2) is 11.6 Å². The zero-order valence-electron chi connectivity index (χ0n) is 13.5. The van der Waals surface area contributed by atoms with E-state index in [1.54, 1.807) is 28.9 Å². The number of hydrogen-bond acceptors (Lipinski definition) is 2. The van der Waals surface area contributed by atoms with Gasteiger partial charge in [-0.15, -0.1) is 0 Å². The average Bonchev–Trinajstić information content (AvgIpc) is 2.86. The van der Waals surface area contributed by atoms with Crippen molar-refractivity contribution >= 4 is 23.2 Å². The summed E-state index contributed by atoms with van der Waals surface area (Å²) in [5.74, 6) is -2.41. The summed E-state index contributed by atoms with van der Waals surface area (Å²) in [5.41, 5.74) is 2.84. The number of hydrogen-bond donors (Lipinski definition) is 1. The summed E-state index contributed by atoms with van der Waals surface area (Å²) in [6.45, 7) is 3.67. The van der Waals surface area contributed by atoms with Crippen LogP contribution >= 0.6 is 11.6 Å². The molecule has 0 aliphatic rings. The van der Waals surface area contributed by atoms with Crippen molar-refractivity contribution in [3.05, 3.63) is 76.1 Å². The molecule has 1 aromatic heterocycles. The van der Waals surface area contributed by atoms with Crippen LogP contribution in [0.5, 0.6) is 0 Å². The summed E-state index contributed by atoms with van der Waals surface area (Å²) in [6, 6.07) is 9.89. The van der Waals surface area contributed by atoms with Gasteiger partial charge in [0, 0.05) is 17.3 Å². The molecule has 1 heterocycles. The second kappa shape index (κ2) is 6.64. The Morgan fingerprint density at radius 3 is 2.32 bits per heavy atom. The smallest absolute Gasteiger partial charge is 0.255 e. The van der Waals surface area contributed by atoms with Crippen LogP contribution in [0.4, 0.5) is 14.5 Å². The van der Waals surface area contributed by atoms with Gasteiger partial charge in [0.05, 0.1) is 22.1 Å². The molecular weight excluding hydrogens is 348 g/mol. The molecule has 128 valence electrons. The first-order valence-electron chi connectivity index (χ1n) is 7.45. The number of halogens is 3. The van der Waals surface area contributed by atoms with Crippen LogP contribution in [-0.2, 0) is 0 Å². The maximum Gasteiger partial charge on any atom is 0.255 e. The Morgan fingerprint density at radius 2 is 1.76 bits per heavy atom. The lowest BCUT2D eigenvalue weighted by molar-refractivity contribution is 0.102. The van der Waals surface area contributed by atoms with Crippen molar-refractivity contribution in [2.45, 2.75) is 13.8 Å². The topological polar surface area (TPSA) is 46.9 Å². The van der Waals surface area contributed by atoms with E-state index in [1.165, 1.54) is 6.07 Å². The number of aromatic nitrogens is 2. The molecule has 0 saturated heterocycles. The van der Waals surface area contributed by atoms with Crippen molar-refractivity contribution in [1.82, 2.24) is 9.78 Å². The van der Waals surface area contributed by atoms with Crippen LogP contribution in [0, 0.1) is 25.5 Å². The maximum absolute atomic E-state index is 13.2. The Balaban J connectivity index is 1.80. The monoisotopic (exact) mass is 361 g/mol. The molecule has 25 heavy (non-hydrogen) atoms. The summed E-state index contributed by atoms with van der Waals surface area (Å²) in [7, 11) is 0. The standard InChI is InChI=1S/C18H14ClF2N3O/c1-10-17(19)11(2)24(23-10)14-6-3-12(4-7-14)18(25)22-13-5-8-15(20)16(21)9-13/h3-9H,1-2H3,(H,22,25). The third kappa shape index (κ3) is 3.39. The number of carbonyl (C=O) groups is 1. The minimum absolute atomic E-state index is 0.179. The highest BCUT2D eigenvalue weighted by molar-refractivity contribution is 6.31. The van der Waals surface area contributed by atoms with E-state index < -0.39 is 17.5 Å². The van der Waals surface area contributed by atoms with Gasteiger partial charge < -0.3 is 5.32 Å². The van der Waals surface area contributed by atoms with Crippen molar-refractivity contribution in [2.75, 3.05) is 5.32 Å². The molecule has 4 nitrogen and oxygen atoms in total. The molecule has 1 amide bonds. The summed E-state index contributed by atoms with van der Waals surface area (Å²) >= 11 is 6.14.